The van der Waals surface area contributed by atoms with Crippen LogP contribution in [0.5, 0.6) is 5.75 Å². The highest BCUT2D eigenvalue weighted by atomic mass is 16.5. The van der Waals surface area contributed by atoms with Gasteiger partial charge in [0.25, 0.3) is 0 Å². The highest BCUT2D eigenvalue weighted by Crippen LogP contribution is 2.22. The van der Waals surface area contributed by atoms with Gasteiger partial charge < -0.3 is 9.84 Å². The molecule has 0 spiro atoms. The van der Waals surface area contributed by atoms with E-state index in [1.165, 1.54) is 5.56 Å². The van der Waals surface area contributed by atoms with E-state index in [9.17, 15) is 5.11 Å². The second-order valence-electron chi connectivity index (χ2n) is 5.44. The van der Waals surface area contributed by atoms with Crippen LogP contribution < -0.4 is 4.74 Å². The van der Waals surface area contributed by atoms with Crippen LogP contribution in [0.3, 0.4) is 0 Å². The molecule has 1 N–H and O–H groups in total. The number of hydrogen-bond acceptors (Lipinski definition) is 2. The number of benzene rings is 2. The molecule has 0 amide bonds. The molecule has 0 aliphatic heterocycles. The second-order valence-corrected chi connectivity index (χ2v) is 5.44. The molecule has 0 bridgehead atoms. The van der Waals surface area contributed by atoms with Crippen LogP contribution in [0.4, 0.5) is 0 Å². The van der Waals surface area contributed by atoms with Gasteiger partial charge in [-0.25, -0.2) is 0 Å². The Kier molecular flexibility index (Phi) is 4.80. The SMILES string of the molecule is Cc1ccc(CC(O)c2ccc(OC(C)C)cc2)cc1. The van der Waals surface area contributed by atoms with Gasteiger partial charge >= 0.3 is 0 Å². The van der Waals surface area contributed by atoms with E-state index >= 15 is 0 Å². The largest absolute Gasteiger partial charge is 0.491 e. The minimum absolute atomic E-state index is 0.165. The maximum Gasteiger partial charge on any atom is 0.119 e. The summed E-state index contributed by atoms with van der Waals surface area (Å²) in [5.41, 5.74) is 3.30. The molecule has 0 fully saturated rings. The van der Waals surface area contributed by atoms with Gasteiger partial charge in [0, 0.05) is 6.42 Å². The molecule has 2 rings (SSSR count). The van der Waals surface area contributed by atoms with Crippen molar-refractivity contribution in [1.82, 2.24) is 0 Å². The van der Waals surface area contributed by atoms with Crippen molar-refractivity contribution < 1.29 is 9.84 Å². The third-order valence-corrected chi connectivity index (χ3v) is 3.19. The molecule has 20 heavy (non-hydrogen) atoms. The van der Waals surface area contributed by atoms with E-state index in [1.54, 1.807) is 0 Å². The van der Waals surface area contributed by atoms with Crippen LogP contribution in [0.1, 0.15) is 36.6 Å². The van der Waals surface area contributed by atoms with Gasteiger partial charge in [-0.1, -0.05) is 42.0 Å². The summed E-state index contributed by atoms with van der Waals surface area (Å²) in [5, 5.41) is 10.3. The smallest absolute Gasteiger partial charge is 0.119 e. The van der Waals surface area contributed by atoms with E-state index < -0.39 is 6.10 Å². The maximum atomic E-state index is 10.3. The van der Waals surface area contributed by atoms with Gasteiger partial charge in [0.15, 0.2) is 0 Å². The molecule has 2 aromatic carbocycles. The first-order chi connectivity index (χ1) is 9.54. The van der Waals surface area contributed by atoms with E-state index in [0.29, 0.717) is 6.42 Å². The van der Waals surface area contributed by atoms with Crippen molar-refractivity contribution in [1.29, 1.82) is 0 Å². The Hall–Kier alpha value is -1.80. The van der Waals surface area contributed by atoms with Crippen LogP contribution in [0.25, 0.3) is 0 Å². The van der Waals surface area contributed by atoms with Gasteiger partial charge in [0.05, 0.1) is 12.2 Å². The van der Waals surface area contributed by atoms with Crippen molar-refractivity contribution in [3.8, 4) is 5.75 Å². The molecule has 106 valence electrons. The molecule has 0 radical (unpaired) electrons. The summed E-state index contributed by atoms with van der Waals surface area (Å²) in [5.74, 6) is 0.839. The van der Waals surface area contributed by atoms with E-state index in [0.717, 1.165) is 16.9 Å². The molecule has 0 aliphatic rings. The van der Waals surface area contributed by atoms with Crippen LogP contribution in [0.15, 0.2) is 48.5 Å². The fraction of sp³-hybridized carbons (Fsp3) is 0.333. The maximum absolute atomic E-state index is 10.3. The van der Waals surface area contributed by atoms with Crippen LogP contribution >= 0.6 is 0 Å². The normalized spacial score (nSPS) is 12.4. The predicted molar refractivity (Wildman–Crippen MR) is 82.0 cm³/mol. The Morgan fingerprint density at radius 2 is 1.55 bits per heavy atom. The molecule has 0 aromatic heterocycles. The molecule has 2 heteroatoms. The highest BCUT2D eigenvalue weighted by Gasteiger charge is 2.09. The first kappa shape index (κ1) is 14.6. The van der Waals surface area contributed by atoms with E-state index in [2.05, 4.69) is 31.2 Å². The topological polar surface area (TPSA) is 29.5 Å². The average molecular weight is 270 g/mol. The van der Waals surface area contributed by atoms with Gasteiger partial charge in [-0.3, -0.25) is 0 Å². The fourth-order valence-electron chi connectivity index (χ4n) is 2.11. The van der Waals surface area contributed by atoms with Gasteiger partial charge in [-0.2, -0.15) is 0 Å². The molecule has 1 atom stereocenters. The van der Waals surface area contributed by atoms with Gasteiger partial charge in [-0.05, 0) is 44.0 Å². The number of aliphatic hydroxyl groups is 1. The highest BCUT2D eigenvalue weighted by molar-refractivity contribution is 5.30. The number of rotatable bonds is 5. The van der Waals surface area contributed by atoms with Gasteiger partial charge in [0.1, 0.15) is 5.75 Å². The van der Waals surface area contributed by atoms with Crippen molar-refractivity contribution in [2.75, 3.05) is 0 Å². The third kappa shape index (κ3) is 4.10. The number of aliphatic hydroxyl groups excluding tert-OH is 1. The molecule has 0 saturated carbocycles. The Morgan fingerprint density at radius 1 is 0.950 bits per heavy atom. The minimum atomic E-state index is -0.481. The Labute approximate surface area is 121 Å². The quantitative estimate of drug-likeness (QED) is 0.888. The monoisotopic (exact) mass is 270 g/mol. The lowest BCUT2D eigenvalue weighted by Crippen LogP contribution is -2.06. The number of aryl methyl sites for hydroxylation is 1. The number of hydrogen-bond donors (Lipinski definition) is 1. The van der Waals surface area contributed by atoms with Crippen molar-refractivity contribution in [2.24, 2.45) is 0 Å². The van der Waals surface area contributed by atoms with Gasteiger partial charge in [-0.15, -0.1) is 0 Å². The summed E-state index contributed by atoms with van der Waals surface area (Å²) >= 11 is 0. The third-order valence-electron chi connectivity index (χ3n) is 3.19. The standard InChI is InChI=1S/C18H22O2/c1-13(2)20-17-10-8-16(9-11-17)18(19)12-15-6-4-14(3)5-7-15/h4-11,13,18-19H,12H2,1-3H3. The summed E-state index contributed by atoms with van der Waals surface area (Å²) in [6.45, 7) is 6.06. The van der Waals surface area contributed by atoms with Crippen molar-refractivity contribution >= 4 is 0 Å². The molecule has 0 aliphatic carbocycles. The summed E-state index contributed by atoms with van der Waals surface area (Å²) in [7, 11) is 0. The Balaban J connectivity index is 2.01. The van der Waals surface area contributed by atoms with Crippen LogP contribution in [0, 0.1) is 6.92 Å². The van der Waals surface area contributed by atoms with Crippen molar-refractivity contribution in [3.05, 3.63) is 65.2 Å². The average Bonchev–Trinajstić information content (AvgIpc) is 2.41. The van der Waals surface area contributed by atoms with E-state index in [4.69, 9.17) is 4.74 Å². The lowest BCUT2D eigenvalue weighted by Gasteiger charge is -2.13. The second kappa shape index (κ2) is 6.58. The zero-order valence-corrected chi connectivity index (χ0v) is 12.3. The molecule has 0 heterocycles. The zero-order chi connectivity index (χ0) is 14.5. The first-order valence-electron chi connectivity index (χ1n) is 7.05. The van der Waals surface area contributed by atoms with Crippen LogP contribution in [-0.4, -0.2) is 11.2 Å². The molecular formula is C18H22O2. The summed E-state index contributed by atoms with van der Waals surface area (Å²) < 4.78 is 5.60. The lowest BCUT2D eigenvalue weighted by atomic mass is 10.0. The van der Waals surface area contributed by atoms with Crippen LogP contribution in [-0.2, 0) is 6.42 Å². The van der Waals surface area contributed by atoms with Crippen molar-refractivity contribution in [3.63, 3.8) is 0 Å². The van der Waals surface area contributed by atoms with E-state index in [1.807, 2.05) is 38.1 Å². The lowest BCUT2D eigenvalue weighted by molar-refractivity contribution is 0.178. The van der Waals surface area contributed by atoms with Crippen LogP contribution in [0.2, 0.25) is 0 Å². The summed E-state index contributed by atoms with van der Waals surface area (Å²) in [4.78, 5) is 0. The molecule has 1 unspecified atom stereocenters. The zero-order valence-electron chi connectivity index (χ0n) is 12.3. The summed E-state index contributed by atoms with van der Waals surface area (Å²) in [6, 6.07) is 15.9. The molecular weight excluding hydrogens is 248 g/mol. The van der Waals surface area contributed by atoms with Gasteiger partial charge in [0.2, 0.25) is 0 Å². The Bertz CT molecular complexity index is 526. The number of ether oxygens (including phenoxy) is 1. The minimum Gasteiger partial charge on any atom is -0.491 e. The molecule has 0 saturated heterocycles. The molecule has 2 aromatic rings. The first-order valence-corrected chi connectivity index (χ1v) is 7.05. The fourth-order valence-corrected chi connectivity index (χ4v) is 2.11. The summed E-state index contributed by atoms with van der Waals surface area (Å²) in [6.07, 6.45) is 0.314. The predicted octanol–water partition coefficient (Wildman–Crippen LogP) is 4.06. The molecule has 2 nitrogen and oxygen atoms in total. The van der Waals surface area contributed by atoms with E-state index in [-0.39, 0.29) is 6.10 Å². The van der Waals surface area contributed by atoms with Crippen molar-refractivity contribution in [2.45, 2.75) is 39.4 Å². The Morgan fingerprint density at radius 3 is 2.10 bits per heavy atom.